The molecule has 1 saturated carbocycles. The minimum Gasteiger partial charge on any atom is -0.294 e. The van der Waals surface area contributed by atoms with Gasteiger partial charge in [-0.3, -0.25) is 9.78 Å². The highest BCUT2D eigenvalue weighted by Gasteiger charge is 2.37. The van der Waals surface area contributed by atoms with Gasteiger partial charge in [-0.25, -0.2) is 0 Å². The third kappa shape index (κ3) is 3.14. The number of hydrogen-bond acceptors (Lipinski definition) is 2. The number of carbonyl (C=O) groups excluding carboxylic acids is 1. The van der Waals surface area contributed by atoms with Crippen molar-refractivity contribution in [1.29, 1.82) is 0 Å². The zero-order valence-corrected chi connectivity index (χ0v) is 10.7. The fourth-order valence-corrected chi connectivity index (χ4v) is 2.73. The van der Waals surface area contributed by atoms with Gasteiger partial charge in [0.2, 0.25) is 0 Å². The third-order valence-electron chi connectivity index (χ3n) is 3.70. The van der Waals surface area contributed by atoms with Gasteiger partial charge in [0.25, 0.3) is 0 Å². The van der Waals surface area contributed by atoms with E-state index in [1.165, 1.54) is 0 Å². The lowest BCUT2D eigenvalue weighted by molar-refractivity contribution is -0.138. The summed E-state index contributed by atoms with van der Waals surface area (Å²) in [4.78, 5) is 15.9. The average molecular weight is 271 g/mol. The molecule has 2 rings (SSSR count). The maximum absolute atomic E-state index is 12.9. The number of carbonyl (C=O) groups is 1. The molecule has 0 radical (unpaired) electrons. The molecule has 0 amide bonds. The molecule has 0 aromatic carbocycles. The summed E-state index contributed by atoms with van der Waals surface area (Å²) in [6.45, 7) is 2.04. The van der Waals surface area contributed by atoms with Crippen molar-refractivity contribution in [2.75, 3.05) is 0 Å². The molecule has 1 aromatic rings. The predicted octanol–water partition coefficient (Wildman–Crippen LogP) is 4.11. The highest BCUT2D eigenvalue weighted by atomic mass is 19.4. The summed E-state index contributed by atoms with van der Waals surface area (Å²) in [7, 11) is 0. The normalized spacial score (nSPS) is 24.2. The van der Waals surface area contributed by atoms with Crippen molar-refractivity contribution in [3.05, 3.63) is 29.6 Å². The van der Waals surface area contributed by atoms with E-state index < -0.39 is 17.5 Å². The molecule has 2 nitrogen and oxygen atoms in total. The Morgan fingerprint density at radius 3 is 2.74 bits per heavy atom. The van der Waals surface area contributed by atoms with Gasteiger partial charge in [0.05, 0.1) is 5.56 Å². The molecule has 0 bridgehead atoms. The van der Waals surface area contributed by atoms with Crippen molar-refractivity contribution in [2.45, 2.75) is 38.8 Å². The first kappa shape index (κ1) is 14.0. The van der Waals surface area contributed by atoms with Crippen LogP contribution in [0.4, 0.5) is 13.2 Å². The molecule has 0 spiro atoms. The van der Waals surface area contributed by atoms with Crippen molar-refractivity contribution in [1.82, 2.24) is 4.98 Å². The van der Waals surface area contributed by atoms with Gasteiger partial charge in [0.15, 0.2) is 5.78 Å². The molecule has 0 aliphatic heterocycles. The minimum atomic E-state index is -4.51. The minimum absolute atomic E-state index is 0.283. The molecule has 1 aliphatic carbocycles. The summed E-state index contributed by atoms with van der Waals surface area (Å²) in [5.41, 5.74) is -1.15. The van der Waals surface area contributed by atoms with Crippen LogP contribution in [0.2, 0.25) is 0 Å². The molecular formula is C14H16F3NO. The number of ketones is 1. The molecule has 19 heavy (non-hydrogen) atoms. The predicted molar refractivity (Wildman–Crippen MR) is 64.7 cm³/mol. The molecule has 104 valence electrons. The van der Waals surface area contributed by atoms with E-state index in [1.807, 2.05) is 6.92 Å². The van der Waals surface area contributed by atoms with Crippen LogP contribution in [0.1, 0.15) is 48.5 Å². The first-order valence-corrected chi connectivity index (χ1v) is 6.45. The topological polar surface area (TPSA) is 30.0 Å². The second-order valence-corrected chi connectivity index (χ2v) is 5.25. The van der Waals surface area contributed by atoms with E-state index in [1.54, 1.807) is 0 Å². The Hall–Kier alpha value is -1.39. The number of halogens is 3. The number of aromatic nitrogens is 1. The molecule has 2 atom stereocenters. The summed E-state index contributed by atoms with van der Waals surface area (Å²) >= 11 is 0. The van der Waals surface area contributed by atoms with E-state index in [0.717, 1.165) is 31.3 Å². The highest BCUT2D eigenvalue weighted by molar-refractivity contribution is 5.99. The number of alkyl halides is 3. The number of Topliss-reactive ketones (excluding diaryl/α,β-unsaturated/α-hetero) is 1. The first-order valence-electron chi connectivity index (χ1n) is 6.45. The van der Waals surface area contributed by atoms with Crippen LogP contribution in [0, 0.1) is 11.8 Å². The molecule has 5 heteroatoms. The van der Waals surface area contributed by atoms with Crippen LogP contribution >= 0.6 is 0 Å². The van der Waals surface area contributed by atoms with Gasteiger partial charge in [-0.05, 0) is 24.8 Å². The number of hydrogen-bond donors (Lipinski definition) is 0. The second kappa shape index (κ2) is 5.31. The van der Waals surface area contributed by atoms with Crippen LogP contribution in [-0.4, -0.2) is 10.8 Å². The third-order valence-corrected chi connectivity index (χ3v) is 3.70. The number of nitrogens with zero attached hydrogens (tertiary/aromatic N) is 1. The van der Waals surface area contributed by atoms with Gasteiger partial charge in [0, 0.05) is 23.9 Å². The molecule has 2 unspecified atom stereocenters. The lowest BCUT2D eigenvalue weighted by Gasteiger charge is -2.26. The van der Waals surface area contributed by atoms with E-state index in [0.29, 0.717) is 18.8 Å². The second-order valence-electron chi connectivity index (χ2n) is 5.25. The lowest BCUT2D eigenvalue weighted by Crippen LogP contribution is -2.24. The molecule has 1 fully saturated rings. The molecule has 1 heterocycles. The summed E-state index contributed by atoms with van der Waals surface area (Å²) in [5, 5.41) is 0. The maximum Gasteiger partial charge on any atom is 0.417 e. The fraction of sp³-hybridized carbons (Fsp3) is 0.571. The van der Waals surface area contributed by atoms with Crippen molar-refractivity contribution < 1.29 is 18.0 Å². The fourth-order valence-electron chi connectivity index (χ4n) is 2.73. The Morgan fingerprint density at radius 2 is 2.11 bits per heavy atom. The Balaban J connectivity index is 2.29. The standard InChI is InChI=1S/C14H16F3NO/c1-9-3-2-4-10(7-9)13(19)11-8-18-6-5-12(11)14(15,16)17/h5-6,8-10H,2-4,7H2,1H3. The van der Waals surface area contributed by atoms with Crippen LogP contribution in [0.25, 0.3) is 0 Å². The van der Waals surface area contributed by atoms with Gasteiger partial charge in [0.1, 0.15) is 0 Å². The molecular weight excluding hydrogens is 255 g/mol. The van der Waals surface area contributed by atoms with Gasteiger partial charge >= 0.3 is 6.18 Å². The molecule has 0 saturated heterocycles. The van der Waals surface area contributed by atoms with Crippen molar-refractivity contribution in [3.63, 3.8) is 0 Å². The zero-order valence-electron chi connectivity index (χ0n) is 10.7. The number of rotatable bonds is 2. The smallest absolute Gasteiger partial charge is 0.294 e. The Bertz CT molecular complexity index is 470. The quantitative estimate of drug-likeness (QED) is 0.758. The van der Waals surface area contributed by atoms with Gasteiger partial charge < -0.3 is 0 Å². The van der Waals surface area contributed by atoms with E-state index >= 15 is 0 Å². The summed E-state index contributed by atoms with van der Waals surface area (Å²) in [6, 6.07) is 0.874. The summed E-state index contributed by atoms with van der Waals surface area (Å²) in [5.74, 6) is -0.310. The molecule has 1 aliphatic rings. The van der Waals surface area contributed by atoms with Crippen LogP contribution < -0.4 is 0 Å². The van der Waals surface area contributed by atoms with Crippen molar-refractivity contribution in [2.24, 2.45) is 11.8 Å². The lowest BCUT2D eigenvalue weighted by atomic mass is 9.78. The van der Waals surface area contributed by atoms with E-state index in [2.05, 4.69) is 4.98 Å². The largest absolute Gasteiger partial charge is 0.417 e. The van der Waals surface area contributed by atoms with Gasteiger partial charge in [-0.2, -0.15) is 13.2 Å². The molecule has 1 aromatic heterocycles. The van der Waals surface area contributed by atoms with Crippen LogP contribution in [0.3, 0.4) is 0 Å². The zero-order chi connectivity index (χ0) is 14.0. The van der Waals surface area contributed by atoms with E-state index in [9.17, 15) is 18.0 Å². The Morgan fingerprint density at radius 1 is 1.37 bits per heavy atom. The average Bonchev–Trinajstić information content (AvgIpc) is 2.37. The SMILES string of the molecule is CC1CCCC(C(=O)c2cnccc2C(F)(F)F)C1. The molecule has 0 N–H and O–H groups in total. The van der Waals surface area contributed by atoms with E-state index in [4.69, 9.17) is 0 Å². The van der Waals surface area contributed by atoms with Crippen LogP contribution in [0.15, 0.2) is 18.5 Å². The van der Waals surface area contributed by atoms with Crippen LogP contribution in [0.5, 0.6) is 0 Å². The monoisotopic (exact) mass is 271 g/mol. The Kier molecular flexibility index (Phi) is 3.92. The Labute approximate surface area is 110 Å². The van der Waals surface area contributed by atoms with Crippen molar-refractivity contribution in [3.8, 4) is 0 Å². The maximum atomic E-state index is 12.9. The summed E-state index contributed by atoms with van der Waals surface area (Å²) in [6.07, 6.45) is 0.907. The highest BCUT2D eigenvalue weighted by Crippen LogP contribution is 2.36. The van der Waals surface area contributed by atoms with Gasteiger partial charge in [-0.15, -0.1) is 0 Å². The number of pyridine rings is 1. The summed E-state index contributed by atoms with van der Waals surface area (Å²) < 4.78 is 38.6. The van der Waals surface area contributed by atoms with Crippen molar-refractivity contribution >= 4 is 5.78 Å². The van der Waals surface area contributed by atoms with Gasteiger partial charge in [-0.1, -0.05) is 19.8 Å². The van der Waals surface area contributed by atoms with E-state index in [-0.39, 0.29) is 11.5 Å². The van der Waals surface area contributed by atoms with Crippen LogP contribution in [-0.2, 0) is 6.18 Å². The first-order chi connectivity index (χ1) is 8.89.